The Hall–Kier alpha value is -0.170. The zero-order valence-electron chi connectivity index (χ0n) is 8.48. The second-order valence-electron chi connectivity index (χ2n) is 3.57. The number of ether oxygens (including phenoxy) is 1. The highest BCUT2D eigenvalue weighted by Crippen LogP contribution is 2.12. The van der Waals surface area contributed by atoms with Gasteiger partial charge in [-0.25, -0.2) is 12.7 Å². The minimum atomic E-state index is -3.15. The van der Waals surface area contributed by atoms with E-state index in [1.165, 1.54) is 11.4 Å². The highest BCUT2D eigenvalue weighted by Gasteiger charge is 2.26. The molecule has 0 aliphatic carbocycles. The van der Waals surface area contributed by atoms with Gasteiger partial charge in [0.25, 0.3) is 0 Å². The van der Waals surface area contributed by atoms with Crippen LogP contribution in [0.3, 0.4) is 0 Å². The molecule has 0 saturated carbocycles. The van der Waals surface area contributed by atoms with Crippen molar-refractivity contribution in [3.05, 3.63) is 0 Å². The first kappa shape index (κ1) is 11.9. The summed E-state index contributed by atoms with van der Waals surface area (Å²) in [5.41, 5.74) is 5.71. The van der Waals surface area contributed by atoms with E-state index in [1.807, 2.05) is 0 Å². The number of nitrogens with two attached hydrogens (primary N) is 1. The first-order valence-corrected chi connectivity index (χ1v) is 6.39. The number of hydrogen-bond donors (Lipinski definition) is 1. The van der Waals surface area contributed by atoms with Crippen LogP contribution in [0.1, 0.15) is 12.8 Å². The fraction of sp³-hybridized carbons (Fsp3) is 1.00. The van der Waals surface area contributed by atoms with Crippen molar-refractivity contribution in [2.75, 3.05) is 32.6 Å². The smallest absolute Gasteiger partial charge is 0.216 e. The molecule has 0 spiro atoms. The largest absolute Gasteiger partial charge is 0.384 e. The SMILES string of the molecule is COCCS(=O)(=O)N1CCCC(N)C1. The second kappa shape index (κ2) is 5.06. The molecule has 0 aromatic rings. The Morgan fingerprint density at radius 3 is 2.86 bits per heavy atom. The summed E-state index contributed by atoms with van der Waals surface area (Å²) in [4.78, 5) is 0. The first-order valence-electron chi connectivity index (χ1n) is 4.78. The van der Waals surface area contributed by atoms with Gasteiger partial charge in [-0.2, -0.15) is 0 Å². The summed E-state index contributed by atoms with van der Waals surface area (Å²) in [7, 11) is -1.65. The van der Waals surface area contributed by atoms with Gasteiger partial charge in [0.1, 0.15) is 0 Å². The molecule has 0 amide bonds. The van der Waals surface area contributed by atoms with Crippen molar-refractivity contribution in [1.29, 1.82) is 0 Å². The lowest BCUT2D eigenvalue weighted by molar-refractivity contribution is 0.214. The van der Waals surface area contributed by atoms with Gasteiger partial charge >= 0.3 is 0 Å². The summed E-state index contributed by atoms with van der Waals surface area (Å²) >= 11 is 0. The average molecular weight is 222 g/mol. The molecule has 0 aromatic heterocycles. The maximum atomic E-state index is 11.7. The normalized spacial score (nSPS) is 25.1. The summed E-state index contributed by atoms with van der Waals surface area (Å²) in [6.45, 7) is 1.29. The molecule has 14 heavy (non-hydrogen) atoms. The number of piperidine rings is 1. The number of nitrogens with zero attached hydrogens (tertiary/aromatic N) is 1. The Morgan fingerprint density at radius 1 is 1.57 bits per heavy atom. The van der Waals surface area contributed by atoms with E-state index in [0.717, 1.165) is 12.8 Å². The van der Waals surface area contributed by atoms with Crippen molar-refractivity contribution in [2.45, 2.75) is 18.9 Å². The summed E-state index contributed by atoms with van der Waals surface area (Å²) in [5.74, 6) is 0.0518. The summed E-state index contributed by atoms with van der Waals surface area (Å²) in [6, 6.07) is -0.0129. The highest BCUT2D eigenvalue weighted by molar-refractivity contribution is 7.89. The molecule has 0 aromatic carbocycles. The van der Waals surface area contributed by atoms with E-state index in [4.69, 9.17) is 10.5 Å². The first-order chi connectivity index (χ1) is 6.56. The monoisotopic (exact) mass is 222 g/mol. The Labute approximate surface area is 85.3 Å². The highest BCUT2D eigenvalue weighted by atomic mass is 32.2. The minimum absolute atomic E-state index is 0.0129. The second-order valence-corrected chi connectivity index (χ2v) is 5.66. The summed E-state index contributed by atoms with van der Waals surface area (Å²) in [6.07, 6.45) is 1.77. The molecule has 1 atom stereocenters. The fourth-order valence-electron chi connectivity index (χ4n) is 1.54. The molecular formula is C8H18N2O3S. The summed E-state index contributed by atoms with van der Waals surface area (Å²) in [5, 5.41) is 0. The van der Waals surface area contributed by atoms with Crippen molar-refractivity contribution in [3.63, 3.8) is 0 Å². The van der Waals surface area contributed by atoms with Crippen molar-refractivity contribution < 1.29 is 13.2 Å². The maximum Gasteiger partial charge on any atom is 0.216 e. The van der Waals surface area contributed by atoms with Gasteiger partial charge in [0, 0.05) is 26.2 Å². The number of rotatable bonds is 4. The van der Waals surface area contributed by atoms with Crippen LogP contribution in [0, 0.1) is 0 Å². The van der Waals surface area contributed by atoms with Gasteiger partial charge in [0.05, 0.1) is 12.4 Å². The van der Waals surface area contributed by atoms with Crippen LogP contribution in [0.15, 0.2) is 0 Å². The van der Waals surface area contributed by atoms with E-state index in [9.17, 15) is 8.42 Å². The molecule has 1 aliphatic heterocycles. The van der Waals surface area contributed by atoms with E-state index in [1.54, 1.807) is 0 Å². The Kier molecular flexibility index (Phi) is 4.31. The number of sulfonamides is 1. The van der Waals surface area contributed by atoms with Gasteiger partial charge in [-0.3, -0.25) is 0 Å². The molecule has 84 valence electrons. The van der Waals surface area contributed by atoms with Crippen LogP contribution < -0.4 is 5.73 Å². The van der Waals surface area contributed by atoms with Gasteiger partial charge in [-0.1, -0.05) is 0 Å². The standard InChI is InChI=1S/C8H18N2O3S/c1-13-5-6-14(11,12)10-4-2-3-8(9)7-10/h8H,2-7,9H2,1H3. The molecule has 1 aliphatic rings. The lowest BCUT2D eigenvalue weighted by atomic mass is 10.1. The zero-order chi connectivity index (χ0) is 10.6. The molecule has 0 radical (unpaired) electrons. The van der Waals surface area contributed by atoms with Gasteiger partial charge in [-0.15, -0.1) is 0 Å². The van der Waals surface area contributed by atoms with Gasteiger partial charge in [0.15, 0.2) is 0 Å². The Balaban J connectivity index is 2.53. The molecule has 1 heterocycles. The van der Waals surface area contributed by atoms with Gasteiger partial charge in [-0.05, 0) is 12.8 Å². The van der Waals surface area contributed by atoms with E-state index < -0.39 is 10.0 Å². The molecule has 5 nitrogen and oxygen atoms in total. The lowest BCUT2D eigenvalue weighted by Crippen LogP contribution is -2.46. The molecular weight excluding hydrogens is 204 g/mol. The van der Waals surface area contributed by atoms with Crippen LogP contribution in [0.2, 0.25) is 0 Å². The molecule has 1 unspecified atom stereocenters. The Morgan fingerprint density at radius 2 is 2.29 bits per heavy atom. The van der Waals surface area contributed by atoms with Gasteiger partial charge in [0.2, 0.25) is 10.0 Å². The van der Waals surface area contributed by atoms with E-state index in [0.29, 0.717) is 13.1 Å². The number of methoxy groups -OCH3 is 1. The number of hydrogen-bond acceptors (Lipinski definition) is 4. The molecule has 6 heteroatoms. The summed E-state index contributed by atoms with van der Waals surface area (Å²) < 4.78 is 29.6. The minimum Gasteiger partial charge on any atom is -0.384 e. The van der Waals surface area contributed by atoms with Crippen LogP contribution in [0.25, 0.3) is 0 Å². The molecule has 1 fully saturated rings. The quantitative estimate of drug-likeness (QED) is 0.688. The molecule has 0 bridgehead atoms. The molecule has 1 rings (SSSR count). The molecule has 1 saturated heterocycles. The fourth-order valence-corrected chi connectivity index (χ4v) is 3.01. The van der Waals surface area contributed by atoms with Crippen molar-refractivity contribution in [1.82, 2.24) is 4.31 Å². The predicted molar refractivity (Wildman–Crippen MR) is 54.4 cm³/mol. The lowest BCUT2D eigenvalue weighted by Gasteiger charge is -2.29. The van der Waals surface area contributed by atoms with Gasteiger partial charge < -0.3 is 10.5 Å². The zero-order valence-corrected chi connectivity index (χ0v) is 9.29. The third-order valence-electron chi connectivity index (χ3n) is 2.36. The molecule has 2 N–H and O–H groups in total. The van der Waals surface area contributed by atoms with Crippen molar-refractivity contribution in [3.8, 4) is 0 Å². The average Bonchev–Trinajstić information content (AvgIpc) is 2.15. The van der Waals surface area contributed by atoms with Crippen LogP contribution in [0.4, 0.5) is 0 Å². The van der Waals surface area contributed by atoms with Crippen LogP contribution >= 0.6 is 0 Å². The third kappa shape index (κ3) is 3.20. The topological polar surface area (TPSA) is 72.6 Å². The predicted octanol–water partition coefficient (Wildman–Crippen LogP) is -0.614. The third-order valence-corrected chi connectivity index (χ3v) is 4.16. The van der Waals surface area contributed by atoms with E-state index in [-0.39, 0.29) is 18.4 Å². The van der Waals surface area contributed by atoms with E-state index in [2.05, 4.69) is 0 Å². The Bertz CT molecular complexity index is 266. The van der Waals surface area contributed by atoms with Crippen LogP contribution in [0.5, 0.6) is 0 Å². The van der Waals surface area contributed by atoms with E-state index >= 15 is 0 Å². The van der Waals surface area contributed by atoms with Crippen LogP contribution in [-0.4, -0.2) is 51.3 Å². The maximum absolute atomic E-state index is 11.7. The van der Waals surface area contributed by atoms with Crippen molar-refractivity contribution in [2.24, 2.45) is 5.73 Å². The van der Waals surface area contributed by atoms with Crippen LogP contribution in [-0.2, 0) is 14.8 Å². The van der Waals surface area contributed by atoms with Crippen molar-refractivity contribution >= 4 is 10.0 Å².